The third kappa shape index (κ3) is 15.1. The quantitative estimate of drug-likeness (QED) is 0.0189. The Bertz CT molecular complexity index is 4650. The van der Waals surface area contributed by atoms with Crippen LogP contribution in [0.3, 0.4) is 0 Å². The second-order valence-electron chi connectivity index (χ2n) is 27.0. The molecule has 9 aromatic rings. The number of fused-ring (bicyclic) bond motifs is 3. The van der Waals surface area contributed by atoms with Crippen LogP contribution in [-0.2, 0) is 52.9 Å². The number of aryl methyl sites for hydroxylation is 2. The minimum absolute atomic E-state index is 0.0866. The number of nitrogens with zero attached hydrogens (tertiary/aromatic N) is 17. The topological polar surface area (TPSA) is 374 Å². The highest BCUT2D eigenvalue weighted by Gasteiger charge is 2.39. The predicted molar refractivity (Wildman–Crippen MR) is 369 cm³/mol. The summed E-state index contributed by atoms with van der Waals surface area (Å²) in [5.41, 5.74) is 10.5. The average Bonchev–Trinajstić information content (AvgIpc) is 1.58. The lowest BCUT2D eigenvalue weighted by atomic mass is 10.1. The second kappa shape index (κ2) is 29.9. The number of H-pyrrole nitrogens is 3. The van der Waals surface area contributed by atoms with Gasteiger partial charge in [-0.2, -0.15) is 38.8 Å². The lowest BCUT2D eigenvalue weighted by Crippen LogP contribution is -2.43. The maximum Gasteiger partial charge on any atom is 0.371 e. The highest BCUT2D eigenvalue weighted by atomic mass is 19.1. The zero-order chi connectivity index (χ0) is 71.5. The predicted octanol–water partition coefficient (Wildman–Crippen LogP) is 8.59. The smallest absolute Gasteiger partial charge is 0.371 e. The lowest BCUT2D eigenvalue weighted by molar-refractivity contribution is -0.636. The normalized spacial score (nSPS) is 17.8. The van der Waals surface area contributed by atoms with Gasteiger partial charge in [-0.15, -0.1) is 13.9 Å². The average molecular weight is 1400 g/mol. The van der Waals surface area contributed by atoms with Crippen molar-refractivity contribution in [2.45, 2.75) is 174 Å². The fourth-order valence-electron chi connectivity index (χ4n) is 13.6. The number of pyridine rings is 3. The van der Waals surface area contributed by atoms with E-state index in [1.807, 2.05) is 23.1 Å². The first kappa shape index (κ1) is 69.2. The molecule has 9 aromatic heterocycles. The molecule has 0 spiro atoms. The summed E-state index contributed by atoms with van der Waals surface area (Å²) in [6.07, 6.45) is 15.3. The molecule has 9 N–H and O–H groups in total. The molecule has 534 valence electrons. The van der Waals surface area contributed by atoms with Crippen LogP contribution in [0.4, 0.5) is 71.3 Å². The van der Waals surface area contributed by atoms with Gasteiger partial charge in [-0.1, -0.05) is 41.5 Å². The first-order valence-corrected chi connectivity index (χ1v) is 34.6. The van der Waals surface area contributed by atoms with Crippen LogP contribution in [0.5, 0.6) is 0 Å². The van der Waals surface area contributed by atoms with Crippen molar-refractivity contribution in [3.8, 4) is 0 Å². The third-order valence-corrected chi connectivity index (χ3v) is 19.0. The molecule has 3 unspecified atom stereocenters. The number of carbonyl (C=O) groups is 3. The molecule has 3 aliphatic heterocycles. The second-order valence-corrected chi connectivity index (χ2v) is 27.0. The number of aromatic nitrogens is 15. The van der Waals surface area contributed by atoms with E-state index in [2.05, 4.69) is 113 Å². The number of aromatic amines is 3. The molecule has 3 amide bonds. The van der Waals surface area contributed by atoms with Crippen LogP contribution in [0.2, 0.25) is 0 Å². The minimum Gasteiger partial charge on any atom is -0.617 e. The Hall–Kier alpha value is -11.3. The molecule has 33 heteroatoms. The molecule has 0 aromatic carbocycles. The van der Waals surface area contributed by atoms with Crippen LogP contribution < -0.4 is 51.7 Å². The molecule has 12 heterocycles. The van der Waals surface area contributed by atoms with Gasteiger partial charge in [0.1, 0.15) is 29.6 Å². The van der Waals surface area contributed by atoms with Crippen molar-refractivity contribution in [3.63, 3.8) is 0 Å². The van der Waals surface area contributed by atoms with Gasteiger partial charge in [-0.25, -0.2) is 29.9 Å². The van der Waals surface area contributed by atoms with Crippen molar-refractivity contribution in [1.82, 2.24) is 70.0 Å². The largest absolute Gasteiger partial charge is 0.617 e. The molecular formula is C69H81F3N24O6. The number of hydrogen-bond acceptors (Lipinski definition) is 21. The Morgan fingerprint density at radius 1 is 0.559 bits per heavy atom. The number of amides is 3. The molecule has 30 nitrogen and oxygen atoms in total. The summed E-state index contributed by atoms with van der Waals surface area (Å²) in [5.74, 6) is 1.44. The Balaban J connectivity index is 0.000000137. The van der Waals surface area contributed by atoms with E-state index in [0.717, 1.165) is 149 Å². The molecule has 0 bridgehead atoms. The van der Waals surface area contributed by atoms with Gasteiger partial charge >= 0.3 is 5.95 Å². The van der Waals surface area contributed by atoms with Gasteiger partial charge in [-0.05, 0) is 144 Å². The highest BCUT2D eigenvalue weighted by Crippen LogP contribution is 2.35. The van der Waals surface area contributed by atoms with Gasteiger partial charge < -0.3 is 51.6 Å². The molecule has 0 saturated carbocycles. The monoisotopic (exact) mass is 1400 g/mol. The zero-order valence-electron chi connectivity index (χ0n) is 57.4. The van der Waals surface area contributed by atoms with Crippen LogP contribution in [0.15, 0.2) is 83.2 Å². The van der Waals surface area contributed by atoms with Crippen LogP contribution >= 0.6 is 0 Å². The number of nitrogens with one attached hydrogen (secondary N) is 7. The Labute approximate surface area is 583 Å². The zero-order valence-corrected chi connectivity index (χ0v) is 57.4. The first-order chi connectivity index (χ1) is 49.2. The van der Waals surface area contributed by atoms with Crippen LogP contribution in [0, 0.1) is 23.1 Å². The maximum absolute atomic E-state index is 13.3. The SMILES string of the molecule is CC(C)c1cc(N=c2c3c(nc(N4CCCC4C(=O)Nc4ccc(F)nc4)n2O)CCC3)n[nH]1.CC(C)c1cc(N=c2nc(N3CCCC3C(=O)Nc3ccc(F)nc3)n(O)c3c2CCC3)n[nH]1.CC(C)c1cc(Nc2nc(N3CCCC3C(=O)Nc3ccc(F)[n+]([O-])c3)nc3c2CCC3)n[nH]1. The summed E-state index contributed by atoms with van der Waals surface area (Å²) in [7, 11) is 0. The van der Waals surface area contributed by atoms with Crippen molar-refractivity contribution in [1.29, 1.82) is 0 Å². The van der Waals surface area contributed by atoms with Gasteiger partial charge in [0.05, 0.1) is 40.9 Å². The first-order valence-electron chi connectivity index (χ1n) is 34.6. The highest BCUT2D eigenvalue weighted by molar-refractivity contribution is 5.98. The van der Waals surface area contributed by atoms with E-state index in [-0.39, 0.29) is 46.0 Å². The van der Waals surface area contributed by atoms with E-state index >= 15 is 0 Å². The standard InChI is InChI=1S/3C23H27FN8O2/c1-13(2)16-11-20(30-29-16)27-21-15-5-3-6-17(15)32(34)23(28-21)31-10-4-7-18(31)22(33)26-14-8-9-19(24)25-12-14;1-13(2)17-11-20(30-29-17)27-21-15-5-3-6-16(15)26-23(28-21)31-10-4-7-18(31)22(33)25-14-8-9-19(24)32(34)12-14;1-13(2)17-11-20(30-29-17)28-21-15-5-3-6-16(15)27-23(32(21)34)31-10-4-7-18(31)22(33)26-14-8-9-19(24)25-12-14/h8-9,11-13,18,34H,3-7,10H2,1-2H3,(H,26,33)(H,29,30);8-9,11-13,18H,3-7,10H2,1-2H3,(H,25,33)(H2,26,27,28,29,30);8-9,11-13,18,34H,3-7,10H2,1-2H3,(H,26,33)(H,29,30). The lowest BCUT2D eigenvalue weighted by Gasteiger charge is -2.26. The van der Waals surface area contributed by atoms with Crippen LogP contribution in [-0.4, -0.2) is 136 Å². The number of halogens is 3. The summed E-state index contributed by atoms with van der Waals surface area (Å²) in [6.45, 7) is 14.2. The molecule has 3 saturated heterocycles. The van der Waals surface area contributed by atoms with Crippen LogP contribution in [0.1, 0.15) is 168 Å². The van der Waals surface area contributed by atoms with Gasteiger partial charge in [-0.3, -0.25) is 29.7 Å². The third-order valence-electron chi connectivity index (χ3n) is 19.0. The Kier molecular flexibility index (Phi) is 20.3. The van der Waals surface area contributed by atoms with E-state index in [4.69, 9.17) is 19.9 Å². The fraction of sp³-hybridized carbons (Fsp3) is 0.435. The summed E-state index contributed by atoms with van der Waals surface area (Å²) < 4.78 is 41.7. The number of rotatable bonds is 16. The number of carbonyl (C=O) groups excluding carboxylic acids is 3. The van der Waals surface area contributed by atoms with Crippen molar-refractivity contribution >= 4 is 75.9 Å². The minimum atomic E-state index is -0.926. The van der Waals surface area contributed by atoms with Gasteiger partial charge in [0.2, 0.25) is 53.7 Å². The molecule has 0 radical (unpaired) electrons. The Morgan fingerprint density at radius 2 is 1.06 bits per heavy atom. The fourth-order valence-corrected chi connectivity index (χ4v) is 13.6. The molecular weight excluding hydrogens is 1320 g/mol. The summed E-state index contributed by atoms with van der Waals surface area (Å²) in [4.78, 5) is 80.1. The van der Waals surface area contributed by atoms with Crippen molar-refractivity contribution in [2.75, 3.05) is 55.6 Å². The summed E-state index contributed by atoms with van der Waals surface area (Å²) >= 11 is 0. The van der Waals surface area contributed by atoms with Gasteiger partial charge in [0.25, 0.3) is 0 Å². The van der Waals surface area contributed by atoms with E-state index in [9.17, 15) is 43.2 Å². The summed E-state index contributed by atoms with van der Waals surface area (Å²) in [6, 6.07) is 11.9. The Morgan fingerprint density at radius 3 is 1.62 bits per heavy atom. The van der Waals surface area contributed by atoms with Crippen molar-refractivity contribution in [3.05, 3.63) is 158 Å². The molecule has 3 aliphatic carbocycles. The van der Waals surface area contributed by atoms with Gasteiger partial charge in [0.15, 0.2) is 28.4 Å². The molecule has 102 heavy (non-hydrogen) atoms. The molecule has 3 fully saturated rings. The van der Waals surface area contributed by atoms with E-state index < -0.39 is 36.0 Å². The van der Waals surface area contributed by atoms with Crippen LogP contribution in [0.25, 0.3) is 0 Å². The molecule has 3 atom stereocenters. The molecule has 6 aliphatic rings. The molecule has 15 rings (SSSR count). The van der Waals surface area contributed by atoms with E-state index in [1.54, 1.807) is 9.80 Å². The van der Waals surface area contributed by atoms with Crippen molar-refractivity contribution < 1.29 is 42.7 Å². The van der Waals surface area contributed by atoms with E-state index in [0.29, 0.717) is 103 Å². The number of anilines is 8. The van der Waals surface area contributed by atoms with Crippen molar-refractivity contribution in [2.24, 2.45) is 9.98 Å². The number of hydrogen-bond donors (Lipinski definition) is 9. The maximum atomic E-state index is 13.3. The summed E-state index contributed by atoms with van der Waals surface area (Å²) in [5, 5.41) is 67.3. The van der Waals surface area contributed by atoms with Gasteiger partial charge in [0, 0.05) is 77.7 Å². The van der Waals surface area contributed by atoms with E-state index in [1.165, 1.54) is 42.7 Å².